The van der Waals surface area contributed by atoms with Gasteiger partial charge in [-0.25, -0.2) is 9.98 Å². The molecule has 5 heterocycles. The number of aromatic nitrogens is 4. The summed E-state index contributed by atoms with van der Waals surface area (Å²) in [5.41, 5.74) is 5.01. The highest BCUT2D eigenvalue weighted by Crippen LogP contribution is 2.38. The fourth-order valence-electron chi connectivity index (χ4n) is 3.66. The zero-order valence-corrected chi connectivity index (χ0v) is 17.0. The van der Waals surface area contributed by atoms with Crippen molar-refractivity contribution >= 4 is 40.3 Å². The van der Waals surface area contributed by atoms with Gasteiger partial charge in [0.2, 0.25) is 0 Å². The minimum Gasteiger partial charge on any atom is -0.354 e. The van der Waals surface area contributed by atoms with Crippen molar-refractivity contribution in [2.45, 2.75) is 6.92 Å². The molecular formula is C20H21ClN8. The van der Waals surface area contributed by atoms with Crippen LogP contribution in [0.1, 0.15) is 16.8 Å². The molecule has 3 aromatic heterocycles. The van der Waals surface area contributed by atoms with Gasteiger partial charge in [-0.15, -0.1) is 0 Å². The van der Waals surface area contributed by atoms with Gasteiger partial charge in [0.15, 0.2) is 5.82 Å². The Hall–Kier alpha value is -2.97. The van der Waals surface area contributed by atoms with Crippen molar-refractivity contribution in [2.24, 2.45) is 4.99 Å². The van der Waals surface area contributed by atoms with Crippen molar-refractivity contribution < 1.29 is 0 Å². The number of hydrogen-bond acceptors (Lipinski definition) is 7. The van der Waals surface area contributed by atoms with E-state index in [9.17, 15) is 0 Å². The molecule has 0 unspecified atom stereocenters. The van der Waals surface area contributed by atoms with E-state index < -0.39 is 0 Å². The molecule has 0 saturated carbocycles. The molecule has 0 aliphatic carbocycles. The Morgan fingerprint density at radius 2 is 1.93 bits per heavy atom. The van der Waals surface area contributed by atoms with Gasteiger partial charge in [-0.2, -0.15) is 5.10 Å². The van der Waals surface area contributed by atoms with E-state index >= 15 is 0 Å². The second-order valence-electron chi connectivity index (χ2n) is 7.37. The largest absolute Gasteiger partial charge is 0.354 e. The van der Waals surface area contributed by atoms with E-state index in [1.807, 2.05) is 19.2 Å². The lowest BCUT2D eigenvalue weighted by Crippen LogP contribution is -2.44. The molecule has 0 bridgehead atoms. The van der Waals surface area contributed by atoms with Gasteiger partial charge in [0, 0.05) is 62.0 Å². The van der Waals surface area contributed by atoms with Gasteiger partial charge < -0.3 is 15.1 Å². The molecular weight excluding hydrogens is 388 g/mol. The number of pyridine rings is 2. The minimum atomic E-state index is 0.546. The highest BCUT2D eigenvalue weighted by Gasteiger charge is 2.24. The van der Waals surface area contributed by atoms with Crippen molar-refractivity contribution in [3.05, 3.63) is 52.6 Å². The van der Waals surface area contributed by atoms with Crippen LogP contribution in [0.3, 0.4) is 0 Å². The van der Waals surface area contributed by atoms with Crippen LogP contribution in [-0.4, -0.2) is 64.0 Å². The van der Waals surface area contributed by atoms with E-state index in [0.29, 0.717) is 10.8 Å². The highest BCUT2D eigenvalue weighted by atomic mass is 35.5. The molecule has 1 saturated heterocycles. The number of likely N-dealkylation sites (N-methyl/N-ethyl adjacent to an activating group) is 1. The molecule has 0 atom stereocenters. The first-order chi connectivity index (χ1) is 14.1. The van der Waals surface area contributed by atoms with Crippen molar-refractivity contribution in [3.8, 4) is 0 Å². The second-order valence-corrected chi connectivity index (χ2v) is 7.77. The molecule has 0 spiro atoms. The van der Waals surface area contributed by atoms with Crippen LogP contribution in [0.2, 0.25) is 5.02 Å². The normalized spacial score (nSPS) is 16.5. The Labute approximate surface area is 173 Å². The summed E-state index contributed by atoms with van der Waals surface area (Å²) in [4.78, 5) is 18.4. The number of fused-ring (bicyclic) bond motifs is 2. The third-order valence-corrected chi connectivity index (χ3v) is 5.69. The minimum absolute atomic E-state index is 0.546. The molecule has 8 nitrogen and oxygen atoms in total. The lowest BCUT2D eigenvalue weighted by atomic mass is 10.0. The lowest BCUT2D eigenvalue weighted by Gasteiger charge is -2.33. The molecule has 1 fully saturated rings. The van der Waals surface area contributed by atoms with E-state index in [0.717, 1.165) is 65.9 Å². The Kier molecular flexibility index (Phi) is 4.44. The number of aliphatic imine (C=N–C) groups is 1. The second kappa shape index (κ2) is 7.13. The van der Waals surface area contributed by atoms with Crippen LogP contribution >= 0.6 is 11.6 Å². The quantitative estimate of drug-likeness (QED) is 0.530. The molecule has 5 rings (SSSR count). The summed E-state index contributed by atoms with van der Waals surface area (Å²) >= 11 is 6.46. The smallest absolute Gasteiger partial charge is 0.178 e. The first-order valence-corrected chi connectivity index (χ1v) is 9.92. The number of nitrogens with zero attached hydrogens (tertiary/aromatic N) is 6. The van der Waals surface area contributed by atoms with Gasteiger partial charge in [0.25, 0.3) is 0 Å². The summed E-state index contributed by atoms with van der Waals surface area (Å²) in [5, 5.41) is 11.4. The number of anilines is 3. The third-order valence-electron chi connectivity index (χ3n) is 5.39. The molecule has 0 radical (unpaired) electrons. The van der Waals surface area contributed by atoms with Crippen molar-refractivity contribution in [1.29, 1.82) is 0 Å². The molecule has 3 aromatic rings. The molecule has 29 heavy (non-hydrogen) atoms. The SMILES string of the molecule is Cc1[nH]nc2c1N=C(c1ccncc1Cl)c1cnc(N3CCN(C)CC3)cc1N2. The van der Waals surface area contributed by atoms with Crippen LogP contribution in [0.15, 0.2) is 35.7 Å². The van der Waals surface area contributed by atoms with Gasteiger partial charge in [-0.1, -0.05) is 11.6 Å². The molecule has 2 N–H and O–H groups in total. The van der Waals surface area contributed by atoms with E-state index in [1.165, 1.54) is 0 Å². The van der Waals surface area contributed by atoms with E-state index in [-0.39, 0.29) is 0 Å². The van der Waals surface area contributed by atoms with Crippen LogP contribution in [-0.2, 0) is 0 Å². The van der Waals surface area contributed by atoms with Crippen molar-refractivity contribution in [2.75, 3.05) is 43.4 Å². The Balaban J connectivity index is 1.64. The van der Waals surface area contributed by atoms with Gasteiger partial charge in [-0.3, -0.25) is 10.1 Å². The Bertz CT molecular complexity index is 1100. The maximum atomic E-state index is 6.46. The van der Waals surface area contributed by atoms with E-state index in [4.69, 9.17) is 21.6 Å². The van der Waals surface area contributed by atoms with Crippen LogP contribution in [0, 0.1) is 6.92 Å². The first-order valence-electron chi connectivity index (χ1n) is 9.54. The number of aromatic amines is 1. The molecule has 2 aliphatic heterocycles. The number of H-pyrrole nitrogens is 1. The highest BCUT2D eigenvalue weighted by molar-refractivity contribution is 6.36. The van der Waals surface area contributed by atoms with Crippen molar-refractivity contribution in [3.63, 3.8) is 0 Å². The van der Waals surface area contributed by atoms with Crippen LogP contribution in [0.4, 0.5) is 23.0 Å². The van der Waals surface area contributed by atoms with E-state index in [2.05, 4.69) is 43.4 Å². The first kappa shape index (κ1) is 18.1. The van der Waals surface area contributed by atoms with Crippen molar-refractivity contribution in [1.82, 2.24) is 25.1 Å². The number of aryl methyl sites for hydroxylation is 1. The van der Waals surface area contributed by atoms with Gasteiger partial charge >= 0.3 is 0 Å². The topological polar surface area (TPSA) is 85.3 Å². The Morgan fingerprint density at radius 3 is 2.72 bits per heavy atom. The lowest BCUT2D eigenvalue weighted by molar-refractivity contribution is 0.312. The fraction of sp³-hybridized carbons (Fsp3) is 0.300. The summed E-state index contributed by atoms with van der Waals surface area (Å²) in [6.45, 7) is 5.90. The van der Waals surface area contributed by atoms with Crippen LogP contribution in [0.5, 0.6) is 0 Å². The average molecular weight is 409 g/mol. The summed E-state index contributed by atoms with van der Waals surface area (Å²) in [6, 6.07) is 3.95. The number of piperazine rings is 1. The summed E-state index contributed by atoms with van der Waals surface area (Å²) in [7, 11) is 2.14. The zero-order chi connectivity index (χ0) is 20.0. The number of halogens is 1. The fourth-order valence-corrected chi connectivity index (χ4v) is 3.87. The molecule has 0 aromatic carbocycles. The third kappa shape index (κ3) is 3.24. The molecule has 2 aliphatic rings. The number of nitrogens with one attached hydrogen (secondary N) is 2. The maximum absolute atomic E-state index is 6.46. The number of rotatable bonds is 2. The zero-order valence-electron chi connectivity index (χ0n) is 16.3. The monoisotopic (exact) mass is 408 g/mol. The summed E-state index contributed by atoms with van der Waals surface area (Å²) in [5.74, 6) is 1.64. The van der Waals surface area contributed by atoms with E-state index in [1.54, 1.807) is 12.4 Å². The molecule has 0 amide bonds. The maximum Gasteiger partial charge on any atom is 0.178 e. The molecule has 148 valence electrons. The number of hydrogen-bond donors (Lipinski definition) is 2. The van der Waals surface area contributed by atoms with Crippen LogP contribution in [0.25, 0.3) is 0 Å². The molecule has 9 heteroatoms. The van der Waals surface area contributed by atoms with Crippen LogP contribution < -0.4 is 10.2 Å². The summed E-state index contributed by atoms with van der Waals surface area (Å²) in [6.07, 6.45) is 5.22. The van der Waals surface area contributed by atoms with Gasteiger partial charge in [0.05, 0.1) is 22.1 Å². The Morgan fingerprint density at radius 1 is 1.10 bits per heavy atom. The predicted octanol–water partition coefficient (Wildman–Crippen LogP) is 3.14. The van der Waals surface area contributed by atoms with Gasteiger partial charge in [-0.05, 0) is 20.0 Å². The standard InChI is InChI=1S/C20H21ClN8/c1-12-18-20(27-26-12)24-16-9-17(29-7-5-28(2)6-8-29)23-10-14(16)19(25-18)13-3-4-22-11-15(13)21/h3-4,9-11H,5-8H2,1-2H3,(H2,24,26,27). The van der Waals surface area contributed by atoms with Gasteiger partial charge in [0.1, 0.15) is 11.5 Å². The predicted molar refractivity (Wildman–Crippen MR) is 115 cm³/mol. The summed E-state index contributed by atoms with van der Waals surface area (Å²) < 4.78 is 0. The average Bonchev–Trinajstić information content (AvgIpc) is 2.98.